The van der Waals surface area contributed by atoms with Crippen molar-refractivity contribution in [2.24, 2.45) is 17.8 Å². The topological polar surface area (TPSA) is 128 Å². The van der Waals surface area contributed by atoms with Gasteiger partial charge in [0.15, 0.2) is 0 Å². The van der Waals surface area contributed by atoms with Crippen LogP contribution < -0.4 is 21.4 Å². The Morgan fingerprint density at radius 3 is 2.47 bits per heavy atom. The van der Waals surface area contributed by atoms with Crippen molar-refractivity contribution in [1.82, 2.24) is 19.1 Å². The number of ether oxygens (including phenoxy) is 1. The second-order valence-corrected chi connectivity index (χ2v) is 9.51. The number of benzene rings is 1. The van der Waals surface area contributed by atoms with Gasteiger partial charge < -0.3 is 15.2 Å². The van der Waals surface area contributed by atoms with Crippen molar-refractivity contribution in [3.63, 3.8) is 0 Å². The third kappa shape index (κ3) is 6.18. The van der Waals surface area contributed by atoms with Crippen LogP contribution in [-0.4, -0.2) is 30.2 Å². The molecular formula is C26H31N5O5. The van der Waals surface area contributed by atoms with Crippen LogP contribution in [0.3, 0.4) is 0 Å². The summed E-state index contributed by atoms with van der Waals surface area (Å²) in [4.78, 5) is 45.7. The first-order valence-electron chi connectivity index (χ1n) is 12.2. The average molecular weight is 494 g/mol. The second-order valence-electron chi connectivity index (χ2n) is 9.51. The maximum absolute atomic E-state index is 13.4. The highest BCUT2D eigenvalue weighted by atomic mass is 16.5. The van der Waals surface area contributed by atoms with Crippen molar-refractivity contribution in [3.8, 4) is 11.6 Å². The normalized spacial score (nSPS) is 18.4. The molecule has 1 aliphatic rings. The standard InChI is InChI=1S/C26H31N5O5/c1-17-6-8-19(9-7-17)16-30-24(29-25(34)31(26(30)35)15-18(2)23(32)33)28-20-10-12-21(13-11-20)36-22-5-3-4-14-27-22/h3-5,10-14,17-19H,6-9,15-16H2,1-2H3,(H,32,33)(H,28,29,34)/t17?,18-,19?/m0/s1. The molecule has 0 spiro atoms. The van der Waals surface area contributed by atoms with Gasteiger partial charge in [0.1, 0.15) is 5.75 Å². The van der Waals surface area contributed by atoms with Gasteiger partial charge in [-0.1, -0.05) is 32.8 Å². The molecule has 2 heterocycles. The first kappa shape index (κ1) is 25.2. The molecule has 1 aromatic carbocycles. The van der Waals surface area contributed by atoms with E-state index < -0.39 is 23.3 Å². The van der Waals surface area contributed by atoms with Crippen molar-refractivity contribution in [3.05, 3.63) is 69.6 Å². The lowest BCUT2D eigenvalue weighted by atomic mass is 9.83. The Bertz CT molecular complexity index is 1300. The summed E-state index contributed by atoms with van der Waals surface area (Å²) in [5.74, 6) is 0.148. The van der Waals surface area contributed by atoms with E-state index in [1.807, 2.05) is 6.07 Å². The summed E-state index contributed by atoms with van der Waals surface area (Å²) < 4.78 is 8.10. The molecule has 0 aliphatic heterocycles. The molecule has 2 aromatic heterocycles. The van der Waals surface area contributed by atoms with Gasteiger partial charge in [0.25, 0.3) is 0 Å². The van der Waals surface area contributed by atoms with Crippen LogP contribution in [0.5, 0.6) is 11.6 Å². The zero-order chi connectivity index (χ0) is 25.7. The van der Waals surface area contributed by atoms with Crippen molar-refractivity contribution in [2.75, 3.05) is 5.32 Å². The fraction of sp³-hybridized carbons (Fsp3) is 0.423. The molecule has 4 rings (SSSR count). The first-order chi connectivity index (χ1) is 17.3. The summed E-state index contributed by atoms with van der Waals surface area (Å²) >= 11 is 0. The smallest absolute Gasteiger partial charge is 0.354 e. The molecule has 1 saturated carbocycles. The summed E-state index contributed by atoms with van der Waals surface area (Å²) in [5, 5.41) is 12.4. The van der Waals surface area contributed by atoms with Crippen molar-refractivity contribution >= 4 is 17.6 Å². The number of pyridine rings is 1. The van der Waals surface area contributed by atoms with Gasteiger partial charge in [0.2, 0.25) is 11.8 Å². The lowest BCUT2D eigenvalue weighted by molar-refractivity contribution is -0.141. The Kier molecular flexibility index (Phi) is 7.82. The number of carboxylic acid groups (broad SMARTS) is 1. The monoisotopic (exact) mass is 493 g/mol. The van der Waals surface area contributed by atoms with Crippen molar-refractivity contribution in [1.29, 1.82) is 0 Å². The van der Waals surface area contributed by atoms with Crippen LogP contribution in [0.1, 0.15) is 39.5 Å². The average Bonchev–Trinajstić information content (AvgIpc) is 2.87. The molecule has 3 aromatic rings. The quantitative estimate of drug-likeness (QED) is 0.460. The minimum atomic E-state index is -1.08. The van der Waals surface area contributed by atoms with Crippen LogP contribution in [0.15, 0.2) is 58.3 Å². The lowest BCUT2D eigenvalue weighted by Gasteiger charge is -2.27. The molecular weight excluding hydrogens is 462 g/mol. The molecule has 1 aliphatic carbocycles. The van der Waals surface area contributed by atoms with Crippen LogP contribution >= 0.6 is 0 Å². The highest BCUT2D eigenvalue weighted by molar-refractivity contribution is 5.69. The highest BCUT2D eigenvalue weighted by Gasteiger charge is 2.23. The fourth-order valence-electron chi connectivity index (χ4n) is 4.33. The first-order valence-corrected chi connectivity index (χ1v) is 12.2. The van der Waals surface area contributed by atoms with Gasteiger partial charge in [-0.15, -0.1) is 0 Å². The van der Waals surface area contributed by atoms with Gasteiger partial charge in [-0.2, -0.15) is 4.98 Å². The Labute approximate surface area is 208 Å². The summed E-state index contributed by atoms with van der Waals surface area (Å²) in [6.07, 6.45) is 5.78. The Balaban J connectivity index is 1.61. The predicted molar refractivity (Wildman–Crippen MR) is 135 cm³/mol. The van der Waals surface area contributed by atoms with Gasteiger partial charge in [-0.05, 0) is 55.0 Å². The zero-order valence-corrected chi connectivity index (χ0v) is 20.5. The van der Waals surface area contributed by atoms with Gasteiger partial charge in [-0.25, -0.2) is 19.1 Å². The molecule has 2 N–H and O–H groups in total. The maximum atomic E-state index is 13.4. The number of rotatable bonds is 9. The molecule has 0 radical (unpaired) electrons. The lowest BCUT2D eigenvalue weighted by Crippen LogP contribution is -2.45. The molecule has 1 fully saturated rings. The minimum absolute atomic E-state index is 0.140. The fourth-order valence-corrected chi connectivity index (χ4v) is 4.33. The van der Waals surface area contributed by atoms with E-state index in [0.29, 0.717) is 29.8 Å². The number of nitrogens with zero attached hydrogens (tertiary/aromatic N) is 4. The zero-order valence-electron chi connectivity index (χ0n) is 20.5. The van der Waals surface area contributed by atoms with E-state index in [1.165, 1.54) is 11.5 Å². The number of anilines is 2. The van der Waals surface area contributed by atoms with Crippen LogP contribution in [0.25, 0.3) is 0 Å². The van der Waals surface area contributed by atoms with Gasteiger partial charge in [-0.3, -0.25) is 9.36 Å². The number of carboxylic acids is 1. The van der Waals surface area contributed by atoms with Gasteiger partial charge in [0.05, 0.1) is 5.92 Å². The molecule has 10 heteroatoms. The molecule has 36 heavy (non-hydrogen) atoms. The SMILES string of the molecule is CC1CCC(Cn2c(Nc3ccc(Oc4ccccn4)cc3)nc(=O)n(C[C@H](C)C(=O)O)c2=O)CC1. The predicted octanol–water partition coefficient (Wildman–Crippen LogP) is 3.88. The molecule has 0 unspecified atom stereocenters. The second kappa shape index (κ2) is 11.2. The van der Waals surface area contributed by atoms with Crippen LogP contribution in [0.2, 0.25) is 0 Å². The Morgan fingerprint density at radius 1 is 1.11 bits per heavy atom. The van der Waals surface area contributed by atoms with E-state index in [4.69, 9.17) is 4.74 Å². The Morgan fingerprint density at radius 2 is 1.83 bits per heavy atom. The summed E-state index contributed by atoms with van der Waals surface area (Å²) in [6, 6.07) is 12.4. The third-order valence-corrected chi connectivity index (χ3v) is 6.57. The van der Waals surface area contributed by atoms with Crippen LogP contribution in [0.4, 0.5) is 11.6 Å². The largest absolute Gasteiger partial charge is 0.481 e. The summed E-state index contributed by atoms with van der Waals surface area (Å²) in [6.45, 7) is 3.86. The van der Waals surface area contributed by atoms with E-state index in [1.54, 1.807) is 42.6 Å². The van der Waals surface area contributed by atoms with Crippen molar-refractivity contribution in [2.45, 2.75) is 52.6 Å². The molecule has 10 nitrogen and oxygen atoms in total. The summed E-state index contributed by atoms with van der Waals surface area (Å²) in [7, 11) is 0. The number of aliphatic carboxylic acids is 1. The Hall–Kier alpha value is -3.95. The van der Waals surface area contributed by atoms with Crippen molar-refractivity contribution < 1.29 is 14.6 Å². The third-order valence-electron chi connectivity index (χ3n) is 6.57. The van der Waals surface area contributed by atoms with Crippen LogP contribution in [0, 0.1) is 17.8 Å². The molecule has 0 amide bonds. The summed E-state index contributed by atoms with van der Waals surface area (Å²) in [5.41, 5.74) is -0.712. The van der Waals surface area contributed by atoms with Gasteiger partial charge in [0, 0.05) is 31.0 Å². The number of nitrogens with one attached hydrogen (secondary N) is 1. The molecule has 1 atom stereocenters. The van der Waals surface area contributed by atoms with Crippen LogP contribution in [-0.2, 0) is 17.9 Å². The van der Waals surface area contributed by atoms with E-state index in [2.05, 4.69) is 22.2 Å². The van der Waals surface area contributed by atoms with E-state index in [-0.39, 0.29) is 18.4 Å². The highest BCUT2D eigenvalue weighted by Crippen LogP contribution is 2.30. The molecule has 190 valence electrons. The van der Waals surface area contributed by atoms with E-state index in [9.17, 15) is 19.5 Å². The van der Waals surface area contributed by atoms with Gasteiger partial charge >= 0.3 is 17.3 Å². The van der Waals surface area contributed by atoms with E-state index >= 15 is 0 Å². The molecule has 0 saturated heterocycles. The van der Waals surface area contributed by atoms with E-state index in [0.717, 1.165) is 30.3 Å². The maximum Gasteiger partial charge on any atom is 0.354 e. The number of hydrogen-bond acceptors (Lipinski definition) is 7. The number of hydrogen-bond donors (Lipinski definition) is 2. The molecule has 0 bridgehead atoms. The minimum Gasteiger partial charge on any atom is -0.481 e. The number of carbonyl (C=O) groups is 1. The number of aromatic nitrogens is 4.